The van der Waals surface area contributed by atoms with Gasteiger partial charge in [-0.15, -0.1) is 0 Å². The molecule has 1 atom stereocenters. The zero-order valence-electron chi connectivity index (χ0n) is 8.68. The van der Waals surface area contributed by atoms with Gasteiger partial charge in [-0.05, 0) is 19.4 Å². The fraction of sp³-hybridized carbons (Fsp3) is 0.900. The maximum Gasteiger partial charge on any atom is 0.307 e. The smallest absolute Gasteiger partial charge is 0.307 e. The second kappa shape index (κ2) is 8.05. The predicted molar refractivity (Wildman–Crippen MR) is 53.8 cm³/mol. The Hall–Kier alpha value is -0.570. The van der Waals surface area contributed by atoms with Crippen molar-refractivity contribution < 1.29 is 9.90 Å². The van der Waals surface area contributed by atoms with E-state index >= 15 is 0 Å². The van der Waals surface area contributed by atoms with Gasteiger partial charge in [0.15, 0.2) is 0 Å². The Balaban J connectivity index is 3.61. The maximum absolute atomic E-state index is 10.8. The van der Waals surface area contributed by atoms with Gasteiger partial charge in [-0.2, -0.15) is 0 Å². The van der Waals surface area contributed by atoms with Crippen LogP contribution in [0.3, 0.4) is 0 Å². The highest BCUT2D eigenvalue weighted by molar-refractivity contribution is 5.70. The normalized spacial score (nSPS) is 12.8. The molecular formula is C10H21NO2. The molecular weight excluding hydrogens is 166 g/mol. The van der Waals surface area contributed by atoms with Gasteiger partial charge in [0, 0.05) is 6.54 Å². The summed E-state index contributed by atoms with van der Waals surface area (Å²) in [6.45, 7) is 5.69. The van der Waals surface area contributed by atoms with E-state index in [1.165, 1.54) is 0 Å². The molecule has 0 aromatic carbocycles. The summed E-state index contributed by atoms with van der Waals surface area (Å²) in [5.74, 6) is -0.872. The van der Waals surface area contributed by atoms with Gasteiger partial charge in [0.2, 0.25) is 0 Å². The Morgan fingerprint density at radius 1 is 1.38 bits per heavy atom. The first kappa shape index (κ1) is 12.4. The van der Waals surface area contributed by atoms with Crippen molar-refractivity contribution in [3.63, 3.8) is 0 Å². The highest BCUT2D eigenvalue weighted by Crippen LogP contribution is 2.07. The molecule has 13 heavy (non-hydrogen) atoms. The van der Waals surface area contributed by atoms with Crippen molar-refractivity contribution in [2.75, 3.05) is 13.1 Å². The van der Waals surface area contributed by atoms with Gasteiger partial charge < -0.3 is 10.4 Å². The topological polar surface area (TPSA) is 49.3 Å². The second-order valence-electron chi connectivity index (χ2n) is 3.38. The third-order valence-corrected chi connectivity index (χ3v) is 2.07. The second-order valence-corrected chi connectivity index (χ2v) is 3.38. The summed E-state index contributed by atoms with van der Waals surface area (Å²) in [6, 6.07) is 0. The van der Waals surface area contributed by atoms with E-state index in [4.69, 9.17) is 5.11 Å². The summed E-state index contributed by atoms with van der Waals surface area (Å²) in [5, 5.41) is 12.0. The zero-order valence-corrected chi connectivity index (χ0v) is 8.68. The molecule has 0 heterocycles. The van der Waals surface area contributed by atoms with Crippen LogP contribution < -0.4 is 5.32 Å². The van der Waals surface area contributed by atoms with Gasteiger partial charge >= 0.3 is 5.97 Å². The number of unbranched alkanes of at least 4 members (excludes halogenated alkanes) is 1. The van der Waals surface area contributed by atoms with Crippen LogP contribution in [0.25, 0.3) is 0 Å². The number of aliphatic carboxylic acids is 1. The maximum atomic E-state index is 10.8. The standard InChI is InChI=1S/C10H21NO2/c1-3-5-6-9(10(12)13)8-11-7-4-2/h9,11H,3-8H2,1-2H3,(H,12,13). The molecule has 0 aliphatic heterocycles. The summed E-state index contributed by atoms with van der Waals surface area (Å²) >= 11 is 0. The molecule has 0 aromatic rings. The lowest BCUT2D eigenvalue weighted by molar-refractivity contribution is -0.141. The van der Waals surface area contributed by atoms with Gasteiger partial charge in [-0.25, -0.2) is 0 Å². The van der Waals surface area contributed by atoms with Crippen molar-refractivity contribution in [3.05, 3.63) is 0 Å². The van der Waals surface area contributed by atoms with Crippen molar-refractivity contribution in [2.24, 2.45) is 5.92 Å². The van der Waals surface area contributed by atoms with Gasteiger partial charge in [0.1, 0.15) is 0 Å². The zero-order chi connectivity index (χ0) is 10.1. The Morgan fingerprint density at radius 2 is 2.08 bits per heavy atom. The molecule has 0 aliphatic rings. The van der Waals surface area contributed by atoms with Crippen LogP contribution in [0.2, 0.25) is 0 Å². The average Bonchev–Trinajstić information content (AvgIpc) is 2.10. The molecule has 0 amide bonds. The Labute approximate surface area is 80.5 Å². The molecule has 0 aliphatic carbocycles. The van der Waals surface area contributed by atoms with Gasteiger partial charge in [-0.3, -0.25) is 4.79 Å². The van der Waals surface area contributed by atoms with Crippen LogP contribution in [-0.4, -0.2) is 24.2 Å². The van der Waals surface area contributed by atoms with Gasteiger partial charge in [-0.1, -0.05) is 26.7 Å². The van der Waals surface area contributed by atoms with Crippen LogP contribution in [0.5, 0.6) is 0 Å². The van der Waals surface area contributed by atoms with Gasteiger partial charge in [0.05, 0.1) is 5.92 Å². The Kier molecular flexibility index (Phi) is 7.69. The van der Waals surface area contributed by atoms with Crippen molar-refractivity contribution >= 4 is 5.97 Å². The number of carboxylic acid groups (broad SMARTS) is 1. The van der Waals surface area contributed by atoms with E-state index in [2.05, 4.69) is 19.2 Å². The lowest BCUT2D eigenvalue weighted by atomic mass is 10.0. The lowest BCUT2D eigenvalue weighted by Gasteiger charge is -2.11. The molecule has 0 spiro atoms. The highest BCUT2D eigenvalue weighted by Gasteiger charge is 2.15. The molecule has 0 fully saturated rings. The first-order chi connectivity index (χ1) is 6.22. The quantitative estimate of drug-likeness (QED) is 0.570. The number of carbonyl (C=O) groups is 1. The minimum atomic E-state index is -0.669. The molecule has 78 valence electrons. The van der Waals surface area contributed by atoms with Crippen LogP contribution in [0, 0.1) is 5.92 Å². The average molecular weight is 187 g/mol. The Bertz CT molecular complexity index is 137. The Morgan fingerprint density at radius 3 is 2.54 bits per heavy atom. The van der Waals surface area contributed by atoms with Crippen LogP contribution in [-0.2, 0) is 4.79 Å². The van der Waals surface area contributed by atoms with Crippen molar-refractivity contribution in [1.29, 1.82) is 0 Å². The monoisotopic (exact) mass is 187 g/mol. The molecule has 3 heteroatoms. The van der Waals surface area contributed by atoms with Crippen LogP contribution in [0.4, 0.5) is 0 Å². The van der Waals surface area contributed by atoms with Crippen LogP contribution >= 0.6 is 0 Å². The summed E-state index contributed by atoms with van der Waals surface area (Å²) in [5.41, 5.74) is 0. The van der Waals surface area contributed by atoms with E-state index in [0.717, 1.165) is 32.2 Å². The predicted octanol–water partition coefficient (Wildman–Crippen LogP) is 1.88. The van der Waals surface area contributed by atoms with Crippen molar-refractivity contribution in [3.8, 4) is 0 Å². The number of carboxylic acids is 1. The van der Waals surface area contributed by atoms with E-state index in [0.29, 0.717) is 6.54 Å². The first-order valence-electron chi connectivity index (χ1n) is 5.15. The molecule has 0 saturated heterocycles. The summed E-state index contributed by atoms with van der Waals surface area (Å²) in [6.07, 6.45) is 3.92. The van der Waals surface area contributed by atoms with Crippen LogP contribution in [0.1, 0.15) is 39.5 Å². The lowest BCUT2D eigenvalue weighted by Crippen LogP contribution is -2.28. The molecule has 0 radical (unpaired) electrons. The summed E-state index contributed by atoms with van der Waals surface area (Å²) < 4.78 is 0. The van der Waals surface area contributed by atoms with E-state index in [-0.39, 0.29) is 5.92 Å². The highest BCUT2D eigenvalue weighted by atomic mass is 16.4. The molecule has 0 aromatic heterocycles. The SMILES string of the molecule is CCCCC(CNCCC)C(=O)O. The minimum Gasteiger partial charge on any atom is -0.481 e. The third-order valence-electron chi connectivity index (χ3n) is 2.07. The first-order valence-corrected chi connectivity index (χ1v) is 5.15. The largest absolute Gasteiger partial charge is 0.481 e. The fourth-order valence-electron chi connectivity index (χ4n) is 1.22. The van der Waals surface area contributed by atoms with E-state index in [1.807, 2.05) is 0 Å². The number of rotatable bonds is 8. The number of hydrogen-bond donors (Lipinski definition) is 2. The van der Waals surface area contributed by atoms with Crippen LogP contribution in [0.15, 0.2) is 0 Å². The number of nitrogens with one attached hydrogen (secondary N) is 1. The van der Waals surface area contributed by atoms with E-state index < -0.39 is 5.97 Å². The summed E-state index contributed by atoms with van der Waals surface area (Å²) in [4.78, 5) is 10.8. The molecule has 0 saturated carbocycles. The van der Waals surface area contributed by atoms with Crippen molar-refractivity contribution in [1.82, 2.24) is 5.32 Å². The molecule has 3 nitrogen and oxygen atoms in total. The van der Waals surface area contributed by atoms with Crippen molar-refractivity contribution in [2.45, 2.75) is 39.5 Å². The minimum absolute atomic E-state index is 0.202. The third kappa shape index (κ3) is 6.58. The molecule has 1 unspecified atom stereocenters. The van der Waals surface area contributed by atoms with Gasteiger partial charge in [0.25, 0.3) is 0 Å². The number of hydrogen-bond acceptors (Lipinski definition) is 2. The molecule has 0 bridgehead atoms. The molecule has 0 rings (SSSR count). The van der Waals surface area contributed by atoms with E-state index in [1.54, 1.807) is 0 Å². The molecule has 2 N–H and O–H groups in total. The fourth-order valence-corrected chi connectivity index (χ4v) is 1.22. The summed E-state index contributed by atoms with van der Waals surface area (Å²) in [7, 11) is 0. The van der Waals surface area contributed by atoms with E-state index in [9.17, 15) is 4.79 Å².